The van der Waals surface area contributed by atoms with Crippen molar-refractivity contribution in [3.05, 3.63) is 48.0 Å². The third kappa shape index (κ3) is 5.83. The smallest absolute Gasteiger partial charge is 0.225 e. The van der Waals surface area contributed by atoms with Crippen LogP contribution in [0.1, 0.15) is 50.2 Å². The van der Waals surface area contributed by atoms with Gasteiger partial charge in [-0.2, -0.15) is 5.10 Å². The molecular weight excluding hydrogens is 390 g/mol. The molecule has 1 aromatic heterocycles. The average Bonchev–Trinajstić information content (AvgIpc) is 3.55. The van der Waals surface area contributed by atoms with Crippen molar-refractivity contribution in [3.8, 4) is 0 Å². The van der Waals surface area contributed by atoms with E-state index < -0.39 is 0 Å². The first-order chi connectivity index (χ1) is 15.2. The van der Waals surface area contributed by atoms with Crippen LogP contribution in [0.4, 0.5) is 0 Å². The van der Waals surface area contributed by atoms with Crippen molar-refractivity contribution in [1.29, 1.82) is 0 Å². The first-order valence-corrected chi connectivity index (χ1v) is 11.4. The van der Waals surface area contributed by atoms with Gasteiger partial charge >= 0.3 is 0 Å². The fraction of sp³-hybridized carbons (Fsp3) is 0.565. The van der Waals surface area contributed by atoms with Gasteiger partial charge in [-0.3, -0.25) is 4.79 Å². The highest BCUT2D eigenvalue weighted by Crippen LogP contribution is 2.27. The number of guanidine groups is 1. The first-order valence-electron chi connectivity index (χ1n) is 11.4. The molecule has 1 saturated heterocycles. The lowest BCUT2D eigenvalue weighted by Crippen LogP contribution is -2.45. The summed E-state index contributed by atoms with van der Waals surface area (Å²) in [6.07, 6.45) is 8.76. The van der Waals surface area contributed by atoms with Gasteiger partial charge in [0.15, 0.2) is 5.96 Å². The maximum atomic E-state index is 12.7. The first kappa shape index (κ1) is 21.3. The quantitative estimate of drug-likeness (QED) is 0.526. The van der Waals surface area contributed by atoms with Crippen molar-refractivity contribution in [1.82, 2.24) is 30.3 Å². The third-order valence-corrected chi connectivity index (χ3v) is 6.11. The number of carbonyl (C=O) groups excluding carboxylic acids is 1. The number of aromatic nitrogens is 3. The van der Waals surface area contributed by atoms with Crippen molar-refractivity contribution < 1.29 is 4.79 Å². The molecule has 2 fully saturated rings. The molecule has 1 aliphatic carbocycles. The Morgan fingerprint density at radius 2 is 2.06 bits per heavy atom. The lowest BCUT2D eigenvalue weighted by molar-refractivity contribution is -0.134. The van der Waals surface area contributed by atoms with Crippen LogP contribution in [0.2, 0.25) is 0 Å². The van der Waals surface area contributed by atoms with Crippen LogP contribution in [-0.2, 0) is 17.9 Å². The number of rotatable bonds is 7. The van der Waals surface area contributed by atoms with E-state index in [0.717, 1.165) is 50.4 Å². The number of nitrogens with one attached hydrogen (secondary N) is 2. The second kappa shape index (κ2) is 10.4. The molecule has 0 spiro atoms. The predicted molar refractivity (Wildman–Crippen MR) is 120 cm³/mol. The van der Waals surface area contributed by atoms with Gasteiger partial charge < -0.3 is 15.5 Å². The number of carbonyl (C=O) groups is 1. The summed E-state index contributed by atoms with van der Waals surface area (Å²) in [6.45, 7) is 5.78. The summed E-state index contributed by atoms with van der Waals surface area (Å²) >= 11 is 0. The van der Waals surface area contributed by atoms with E-state index in [1.807, 2.05) is 9.58 Å². The van der Waals surface area contributed by atoms with Crippen LogP contribution in [0.25, 0.3) is 0 Å². The van der Waals surface area contributed by atoms with Gasteiger partial charge in [0.05, 0.1) is 13.1 Å². The standard InChI is InChI=1S/C23H33N7O/c1-2-25-23(28-21-10-11-29(15-21)22(31)20-8-3-4-9-20)26-13-18-6-5-7-19(12-18)14-30-17-24-16-27-30/h5-7,12,16-17,20-21H,2-4,8-11,13-15H2,1H3,(H2,25,26,28). The van der Waals surface area contributed by atoms with Gasteiger partial charge in [0.25, 0.3) is 0 Å². The zero-order chi connectivity index (χ0) is 21.5. The summed E-state index contributed by atoms with van der Waals surface area (Å²) < 4.78 is 1.81. The van der Waals surface area contributed by atoms with Crippen LogP contribution in [0.3, 0.4) is 0 Å². The second-order valence-electron chi connectivity index (χ2n) is 8.50. The van der Waals surface area contributed by atoms with E-state index in [1.54, 1.807) is 12.7 Å². The van der Waals surface area contributed by atoms with E-state index in [9.17, 15) is 4.79 Å². The van der Waals surface area contributed by atoms with Crippen LogP contribution in [-0.4, -0.2) is 57.2 Å². The molecule has 0 bridgehead atoms. The van der Waals surface area contributed by atoms with Gasteiger partial charge in [0.2, 0.25) is 5.91 Å². The molecule has 2 heterocycles. The number of hydrogen-bond acceptors (Lipinski definition) is 4. The molecule has 8 nitrogen and oxygen atoms in total. The largest absolute Gasteiger partial charge is 0.357 e. The fourth-order valence-electron chi connectivity index (χ4n) is 4.52. The summed E-state index contributed by atoms with van der Waals surface area (Å²) in [6, 6.07) is 8.65. The highest BCUT2D eigenvalue weighted by Gasteiger charge is 2.32. The van der Waals surface area contributed by atoms with Crippen molar-refractivity contribution in [3.63, 3.8) is 0 Å². The molecule has 1 saturated carbocycles. The Balaban J connectivity index is 1.33. The topological polar surface area (TPSA) is 87.4 Å². The van der Waals surface area contributed by atoms with E-state index in [-0.39, 0.29) is 12.0 Å². The molecule has 1 aromatic carbocycles. The molecule has 4 rings (SSSR count). The van der Waals surface area contributed by atoms with Gasteiger partial charge in [-0.25, -0.2) is 14.7 Å². The summed E-state index contributed by atoms with van der Waals surface area (Å²) in [5.74, 6) is 1.42. The Labute approximate surface area is 184 Å². The van der Waals surface area contributed by atoms with Crippen LogP contribution in [0.15, 0.2) is 41.9 Å². The van der Waals surface area contributed by atoms with Gasteiger partial charge in [-0.05, 0) is 37.3 Å². The highest BCUT2D eigenvalue weighted by molar-refractivity contribution is 5.81. The molecule has 1 aliphatic heterocycles. The minimum atomic E-state index is 0.252. The van der Waals surface area contributed by atoms with E-state index >= 15 is 0 Å². The average molecular weight is 424 g/mol. The molecule has 0 radical (unpaired) electrons. The van der Waals surface area contributed by atoms with E-state index in [1.165, 1.54) is 18.4 Å². The van der Waals surface area contributed by atoms with E-state index in [0.29, 0.717) is 19.0 Å². The number of amides is 1. The van der Waals surface area contributed by atoms with Gasteiger partial charge in [0.1, 0.15) is 12.7 Å². The lowest BCUT2D eigenvalue weighted by Gasteiger charge is -2.21. The summed E-state index contributed by atoms with van der Waals surface area (Å²) in [4.78, 5) is 23.5. The number of hydrogen-bond donors (Lipinski definition) is 2. The molecule has 1 amide bonds. The molecule has 2 N–H and O–H groups in total. The van der Waals surface area contributed by atoms with Gasteiger partial charge in [-0.15, -0.1) is 0 Å². The highest BCUT2D eigenvalue weighted by atomic mass is 16.2. The van der Waals surface area contributed by atoms with Crippen molar-refractivity contribution in [2.75, 3.05) is 19.6 Å². The van der Waals surface area contributed by atoms with Gasteiger partial charge in [0, 0.05) is 31.6 Å². The van der Waals surface area contributed by atoms with Crippen molar-refractivity contribution >= 4 is 11.9 Å². The molecule has 2 aromatic rings. The molecule has 1 unspecified atom stereocenters. The number of likely N-dealkylation sites (tertiary alicyclic amines) is 1. The van der Waals surface area contributed by atoms with Crippen LogP contribution in [0, 0.1) is 5.92 Å². The van der Waals surface area contributed by atoms with Crippen LogP contribution >= 0.6 is 0 Å². The Hall–Kier alpha value is -2.90. The Morgan fingerprint density at radius 3 is 2.84 bits per heavy atom. The van der Waals surface area contributed by atoms with Crippen molar-refractivity contribution in [2.45, 2.75) is 58.2 Å². The van der Waals surface area contributed by atoms with Crippen molar-refractivity contribution in [2.24, 2.45) is 10.9 Å². The zero-order valence-electron chi connectivity index (χ0n) is 18.3. The fourth-order valence-corrected chi connectivity index (χ4v) is 4.52. The van der Waals surface area contributed by atoms with Crippen LogP contribution in [0.5, 0.6) is 0 Å². The number of aliphatic imine (C=N–C) groups is 1. The molecular formula is C23H33N7O. The zero-order valence-corrected chi connectivity index (χ0v) is 18.3. The second-order valence-corrected chi connectivity index (χ2v) is 8.50. The summed E-state index contributed by atoms with van der Waals surface area (Å²) in [7, 11) is 0. The minimum Gasteiger partial charge on any atom is -0.357 e. The molecule has 166 valence electrons. The van der Waals surface area contributed by atoms with E-state index in [2.05, 4.69) is 51.9 Å². The maximum Gasteiger partial charge on any atom is 0.225 e. The summed E-state index contributed by atoms with van der Waals surface area (Å²) in [5, 5.41) is 11.0. The third-order valence-electron chi connectivity index (χ3n) is 6.11. The maximum absolute atomic E-state index is 12.7. The Morgan fingerprint density at radius 1 is 1.23 bits per heavy atom. The number of benzene rings is 1. The minimum absolute atomic E-state index is 0.252. The Kier molecular flexibility index (Phi) is 7.17. The SMILES string of the molecule is CCNC(=NCc1cccc(Cn2cncn2)c1)NC1CCN(C(=O)C2CCCC2)C1. The predicted octanol–water partition coefficient (Wildman–Crippen LogP) is 2.17. The summed E-state index contributed by atoms with van der Waals surface area (Å²) in [5.41, 5.74) is 2.33. The molecule has 1 atom stereocenters. The Bertz CT molecular complexity index is 874. The van der Waals surface area contributed by atoms with Gasteiger partial charge in [-0.1, -0.05) is 37.1 Å². The van der Waals surface area contributed by atoms with Crippen LogP contribution < -0.4 is 10.6 Å². The monoisotopic (exact) mass is 423 g/mol. The normalized spacial score (nSPS) is 19.7. The van der Waals surface area contributed by atoms with E-state index in [4.69, 9.17) is 4.99 Å². The lowest BCUT2D eigenvalue weighted by atomic mass is 10.1. The molecule has 2 aliphatic rings. The molecule has 8 heteroatoms. The number of nitrogens with zero attached hydrogens (tertiary/aromatic N) is 5. The molecule has 31 heavy (non-hydrogen) atoms.